The predicted octanol–water partition coefficient (Wildman–Crippen LogP) is 6.22. The third kappa shape index (κ3) is 9.74. The number of fused-ring (bicyclic) bond motifs is 1. The molecule has 0 bridgehead atoms. The van der Waals surface area contributed by atoms with Gasteiger partial charge in [0.2, 0.25) is 5.91 Å². The summed E-state index contributed by atoms with van der Waals surface area (Å²) in [5.74, 6) is 0.601. The summed E-state index contributed by atoms with van der Waals surface area (Å²) in [4.78, 5) is 34.0. The molecule has 0 aliphatic rings. The third-order valence-electron chi connectivity index (χ3n) is 8.29. The number of hydrogen-bond donors (Lipinski definition) is 3. The molecule has 0 aliphatic heterocycles. The minimum absolute atomic E-state index is 0.160. The normalized spacial score (nSPS) is 12.7. The highest BCUT2D eigenvalue weighted by Crippen LogP contribution is 2.24. The molecule has 2 atom stereocenters. The van der Waals surface area contributed by atoms with Gasteiger partial charge in [-0.3, -0.25) is 9.59 Å². The van der Waals surface area contributed by atoms with E-state index in [1.54, 1.807) is 0 Å². The monoisotopic (exact) mass is 610 g/mol. The SMILES string of the molecule is CCCN(CCC)CCCC(NC(=O)c1ccc(CNCc2nccn2CC)cc1)C(=O)N[C@@H](C)c1cccc2ccccc12. The fourth-order valence-corrected chi connectivity index (χ4v) is 5.90. The maximum atomic E-state index is 13.7. The second-order valence-corrected chi connectivity index (χ2v) is 11.7. The van der Waals surface area contributed by atoms with Crippen LogP contribution in [0.1, 0.15) is 86.7 Å². The van der Waals surface area contributed by atoms with Crippen molar-refractivity contribution in [1.82, 2.24) is 30.4 Å². The molecule has 0 saturated carbocycles. The Morgan fingerprint density at radius 1 is 0.867 bits per heavy atom. The number of imidazole rings is 1. The molecule has 1 aromatic heterocycles. The predicted molar refractivity (Wildman–Crippen MR) is 183 cm³/mol. The fraction of sp³-hybridized carbons (Fsp3) is 0.432. The van der Waals surface area contributed by atoms with Gasteiger partial charge in [0.1, 0.15) is 11.9 Å². The molecule has 8 heteroatoms. The molecular weight excluding hydrogens is 560 g/mol. The molecule has 1 heterocycles. The first-order chi connectivity index (χ1) is 21.9. The molecule has 4 aromatic rings. The van der Waals surface area contributed by atoms with Crippen LogP contribution in [-0.2, 0) is 24.4 Å². The minimum atomic E-state index is -0.635. The van der Waals surface area contributed by atoms with E-state index in [0.29, 0.717) is 25.1 Å². The van der Waals surface area contributed by atoms with Crippen molar-refractivity contribution in [2.45, 2.75) is 85.1 Å². The molecule has 2 amide bonds. The van der Waals surface area contributed by atoms with E-state index in [-0.39, 0.29) is 17.9 Å². The van der Waals surface area contributed by atoms with Crippen LogP contribution in [0.5, 0.6) is 0 Å². The van der Waals surface area contributed by atoms with Crippen LogP contribution in [0.3, 0.4) is 0 Å². The average Bonchev–Trinajstić information content (AvgIpc) is 3.52. The van der Waals surface area contributed by atoms with Crippen molar-refractivity contribution < 1.29 is 9.59 Å². The number of aryl methyl sites for hydroxylation is 1. The Hall–Kier alpha value is -4.01. The molecule has 0 spiro atoms. The van der Waals surface area contributed by atoms with E-state index in [1.807, 2.05) is 61.8 Å². The van der Waals surface area contributed by atoms with Crippen LogP contribution < -0.4 is 16.0 Å². The summed E-state index contributed by atoms with van der Waals surface area (Å²) in [6, 6.07) is 21.1. The Morgan fingerprint density at radius 3 is 2.33 bits per heavy atom. The highest BCUT2D eigenvalue weighted by Gasteiger charge is 2.24. The second kappa shape index (κ2) is 17.5. The van der Waals surface area contributed by atoms with Gasteiger partial charge in [-0.25, -0.2) is 4.98 Å². The Kier molecular flexibility index (Phi) is 13.2. The van der Waals surface area contributed by atoms with Crippen molar-refractivity contribution >= 4 is 22.6 Å². The summed E-state index contributed by atoms with van der Waals surface area (Å²) in [6.07, 6.45) is 7.38. The lowest BCUT2D eigenvalue weighted by molar-refractivity contribution is -0.123. The number of carbonyl (C=O) groups excluding carboxylic acids is 2. The second-order valence-electron chi connectivity index (χ2n) is 11.7. The smallest absolute Gasteiger partial charge is 0.251 e. The number of nitrogens with one attached hydrogen (secondary N) is 3. The first kappa shape index (κ1) is 33.9. The van der Waals surface area contributed by atoms with Crippen LogP contribution in [0, 0.1) is 0 Å². The zero-order valence-corrected chi connectivity index (χ0v) is 27.4. The lowest BCUT2D eigenvalue weighted by Gasteiger charge is -2.25. The highest BCUT2D eigenvalue weighted by molar-refractivity contribution is 5.97. The third-order valence-corrected chi connectivity index (χ3v) is 8.29. The van der Waals surface area contributed by atoms with Crippen molar-refractivity contribution in [3.8, 4) is 0 Å². The van der Waals surface area contributed by atoms with Gasteiger partial charge in [0.15, 0.2) is 0 Å². The summed E-state index contributed by atoms with van der Waals surface area (Å²) in [6.45, 7) is 13.7. The van der Waals surface area contributed by atoms with Crippen LogP contribution in [-0.4, -0.2) is 51.9 Å². The Morgan fingerprint density at radius 2 is 1.60 bits per heavy atom. The number of amides is 2. The largest absolute Gasteiger partial charge is 0.348 e. The molecule has 3 aromatic carbocycles. The Balaban J connectivity index is 1.40. The number of rotatable bonds is 18. The van der Waals surface area contributed by atoms with Crippen LogP contribution in [0.15, 0.2) is 79.1 Å². The van der Waals surface area contributed by atoms with E-state index in [9.17, 15) is 9.59 Å². The van der Waals surface area contributed by atoms with Crippen LogP contribution in [0.4, 0.5) is 0 Å². The summed E-state index contributed by atoms with van der Waals surface area (Å²) in [7, 11) is 0. The minimum Gasteiger partial charge on any atom is -0.348 e. The van der Waals surface area contributed by atoms with E-state index >= 15 is 0 Å². The van der Waals surface area contributed by atoms with Gasteiger partial charge in [-0.05, 0) is 93.2 Å². The molecule has 3 N–H and O–H groups in total. The van der Waals surface area contributed by atoms with Crippen molar-refractivity contribution in [1.29, 1.82) is 0 Å². The van der Waals surface area contributed by atoms with Crippen molar-refractivity contribution in [3.05, 3.63) is 102 Å². The van der Waals surface area contributed by atoms with E-state index in [2.05, 4.69) is 75.4 Å². The topological polar surface area (TPSA) is 91.3 Å². The molecule has 0 saturated heterocycles. The van der Waals surface area contributed by atoms with Crippen LogP contribution in [0.2, 0.25) is 0 Å². The fourth-order valence-electron chi connectivity index (χ4n) is 5.90. The van der Waals surface area contributed by atoms with E-state index < -0.39 is 6.04 Å². The lowest BCUT2D eigenvalue weighted by atomic mass is 9.99. The lowest BCUT2D eigenvalue weighted by Crippen LogP contribution is -2.47. The van der Waals surface area contributed by atoms with Crippen LogP contribution >= 0.6 is 0 Å². The van der Waals surface area contributed by atoms with E-state index in [4.69, 9.17) is 0 Å². The molecule has 0 radical (unpaired) electrons. The molecular formula is C37H50N6O2. The molecule has 45 heavy (non-hydrogen) atoms. The molecule has 0 aliphatic carbocycles. The zero-order valence-electron chi connectivity index (χ0n) is 27.4. The maximum Gasteiger partial charge on any atom is 0.251 e. The van der Waals surface area contributed by atoms with Gasteiger partial charge < -0.3 is 25.4 Å². The molecule has 0 fully saturated rings. The average molecular weight is 611 g/mol. The molecule has 1 unspecified atom stereocenters. The molecule has 4 rings (SSSR count). The summed E-state index contributed by atoms with van der Waals surface area (Å²) < 4.78 is 2.11. The zero-order chi connectivity index (χ0) is 32.0. The quantitative estimate of drug-likeness (QED) is 0.124. The van der Waals surface area contributed by atoms with Crippen molar-refractivity contribution in [2.24, 2.45) is 0 Å². The Bertz CT molecular complexity index is 1490. The first-order valence-corrected chi connectivity index (χ1v) is 16.5. The number of carbonyl (C=O) groups is 2. The van der Waals surface area contributed by atoms with Gasteiger partial charge in [0.25, 0.3) is 5.91 Å². The number of benzene rings is 3. The van der Waals surface area contributed by atoms with Gasteiger partial charge in [0.05, 0.1) is 12.6 Å². The highest BCUT2D eigenvalue weighted by atomic mass is 16.2. The Labute approximate surface area is 268 Å². The number of nitrogens with zero attached hydrogens (tertiary/aromatic N) is 3. The van der Waals surface area contributed by atoms with Gasteiger partial charge in [-0.15, -0.1) is 0 Å². The van der Waals surface area contributed by atoms with Gasteiger partial charge in [0, 0.05) is 31.0 Å². The molecule has 240 valence electrons. The van der Waals surface area contributed by atoms with E-state index in [0.717, 1.165) is 73.2 Å². The van der Waals surface area contributed by atoms with Gasteiger partial charge in [-0.1, -0.05) is 68.4 Å². The molecule has 8 nitrogen and oxygen atoms in total. The van der Waals surface area contributed by atoms with Gasteiger partial charge in [-0.2, -0.15) is 0 Å². The maximum absolute atomic E-state index is 13.7. The van der Waals surface area contributed by atoms with Gasteiger partial charge >= 0.3 is 0 Å². The summed E-state index contributed by atoms with van der Waals surface area (Å²) in [5, 5.41) is 11.9. The standard InChI is InChI=1S/C37H50N6O2/c1-5-22-42(23-6-2)24-11-16-34(37(45)40-28(4)32-15-10-13-30-12-8-9-14-33(30)32)41-36(44)31-19-17-29(18-20-31)26-38-27-35-39-21-25-43(35)7-3/h8-10,12-15,17-21,25,28,34,38H,5-7,11,16,22-24,26-27H2,1-4H3,(H,40,45)(H,41,44)/t28-,34?/m0/s1. The number of hydrogen-bond acceptors (Lipinski definition) is 5. The van der Waals surface area contributed by atoms with Crippen molar-refractivity contribution in [3.63, 3.8) is 0 Å². The van der Waals surface area contributed by atoms with Crippen molar-refractivity contribution in [2.75, 3.05) is 19.6 Å². The first-order valence-electron chi connectivity index (χ1n) is 16.5. The number of aromatic nitrogens is 2. The van der Waals surface area contributed by atoms with Crippen LogP contribution in [0.25, 0.3) is 10.8 Å². The summed E-state index contributed by atoms with van der Waals surface area (Å²) in [5.41, 5.74) is 2.68. The van der Waals surface area contributed by atoms with E-state index in [1.165, 1.54) is 0 Å². The summed E-state index contributed by atoms with van der Waals surface area (Å²) >= 11 is 0.